The maximum Gasteiger partial charge on any atom is 0.175 e. The topological polar surface area (TPSA) is 119 Å². The van der Waals surface area contributed by atoms with E-state index >= 15 is 0 Å². The number of nitrogens with one attached hydrogen (secondary N) is 3. The summed E-state index contributed by atoms with van der Waals surface area (Å²) in [6.45, 7) is 1.53. The second-order valence-electron chi connectivity index (χ2n) is 8.67. The lowest BCUT2D eigenvalue weighted by Crippen LogP contribution is -2.08. The highest BCUT2D eigenvalue weighted by Gasteiger charge is 2.17. The minimum Gasteiger partial charge on any atom is -0.376 e. The smallest absolute Gasteiger partial charge is 0.175 e. The molecule has 0 atom stereocenters. The highest BCUT2D eigenvalue weighted by Crippen LogP contribution is 2.33. The number of benzene rings is 1. The zero-order valence-corrected chi connectivity index (χ0v) is 19.4. The van der Waals surface area contributed by atoms with Crippen LogP contribution in [-0.4, -0.2) is 55.0 Å². The SMILES string of the molecule is CC(=O)c1ccc(-c2cncc3[nH]c(-c4n[nH]c5ccc(-c6cncc(N(C)C)c6)cc45)nc23)[nH]1. The molecule has 0 aliphatic carbocycles. The van der Waals surface area contributed by atoms with Crippen molar-refractivity contribution in [3.63, 3.8) is 0 Å². The number of ketones is 1. The van der Waals surface area contributed by atoms with Crippen molar-refractivity contribution in [1.29, 1.82) is 0 Å². The molecule has 5 heterocycles. The molecule has 0 radical (unpaired) electrons. The molecule has 0 aliphatic heterocycles. The Kier molecular flexibility index (Phi) is 4.70. The van der Waals surface area contributed by atoms with Gasteiger partial charge in [0.25, 0.3) is 0 Å². The monoisotopic (exact) mass is 462 g/mol. The summed E-state index contributed by atoms with van der Waals surface area (Å²) in [7, 11) is 3.99. The van der Waals surface area contributed by atoms with Crippen molar-refractivity contribution in [2.75, 3.05) is 19.0 Å². The Hall–Kier alpha value is -4.79. The molecular formula is C26H22N8O. The number of aromatic amines is 3. The minimum atomic E-state index is -0.0239. The van der Waals surface area contributed by atoms with Gasteiger partial charge in [0.2, 0.25) is 0 Å². The van der Waals surface area contributed by atoms with Crippen molar-refractivity contribution in [2.45, 2.75) is 6.92 Å². The van der Waals surface area contributed by atoms with E-state index in [-0.39, 0.29) is 5.78 Å². The summed E-state index contributed by atoms with van der Waals surface area (Å²) in [5.41, 5.74) is 8.40. The van der Waals surface area contributed by atoms with Crippen molar-refractivity contribution in [2.24, 2.45) is 0 Å². The third-order valence-electron chi connectivity index (χ3n) is 6.11. The van der Waals surface area contributed by atoms with Crippen LogP contribution in [-0.2, 0) is 0 Å². The van der Waals surface area contributed by atoms with Gasteiger partial charge in [-0.05, 0) is 35.9 Å². The molecule has 0 saturated carbocycles. The summed E-state index contributed by atoms with van der Waals surface area (Å²) in [5.74, 6) is 0.611. The average molecular weight is 463 g/mol. The average Bonchev–Trinajstić information content (AvgIpc) is 3.61. The van der Waals surface area contributed by atoms with Crippen molar-refractivity contribution in [1.82, 2.24) is 35.1 Å². The summed E-state index contributed by atoms with van der Waals surface area (Å²) in [6.07, 6.45) is 7.19. The minimum absolute atomic E-state index is 0.0239. The number of carbonyl (C=O) groups is 1. The number of H-pyrrole nitrogens is 3. The van der Waals surface area contributed by atoms with Crippen molar-refractivity contribution < 1.29 is 4.79 Å². The van der Waals surface area contributed by atoms with Gasteiger partial charge in [0.05, 0.1) is 34.8 Å². The third-order valence-corrected chi connectivity index (χ3v) is 6.11. The van der Waals surface area contributed by atoms with E-state index in [0.29, 0.717) is 11.5 Å². The number of imidazole rings is 1. The van der Waals surface area contributed by atoms with Gasteiger partial charge < -0.3 is 14.9 Å². The number of hydrogen-bond acceptors (Lipinski definition) is 6. The molecule has 6 rings (SSSR count). The van der Waals surface area contributed by atoms with Crippen molar-refractivity contribution in [3.05, 3.63) is 66.9 Å². The summed E-state index contributed by atoms with van der Waals surface area (Å²) >= 11 is 0. The van der Waals surface area contributed by atoms with Crippen LogP contribution in [0, 0.1) is 0 Å². The van der Waals surface area contributed by atoms with E-state index in [1.807, 2.05) is 43.5 Å². The summed E-state index contributed by atoms with van der Waals surface area (Å²) < 4.78 is 0. The zero-order valence-electron chi connectivity index (χ0n) is 19.4. The highest BCUT2D eigenvalue weighted by molar-refractivity contribution is 5.98. The molecule has 6 aromatic rings. The molecule has 3 N–H and O–H groups in total. The largest absolute Gasteiger partial charge is 0.376 e. The zero-order chi connectivity index (χ0) is 24.1. The summed E-state index contributed by atoms with van der Waals surface area (Å²) in [4.78, 5) is 33.9. The van der Waals surface area contributed by atoms with Crippen LogP contribution in [0.1, 0.15) is 17.4 Å². The first-order valence-electron chi connectivity index (χ1n) is 11.1. The number of aromatic nitrogens is 7. The van der Waals surface area contributed by atoms with Gasteiger partial charge in [-0.1, -0.05) is 6.07 Å². The van der Waals surface area contributed by atoms with E-state index in [1.165, 1.54) is 6.92 Å². The summed E-state index contributed by atoms with van der Waals surface area (Å²) in [6, 6.07) is 11.9. The molecule has 0 amide bonds. The molecule has 0 bridgehead atoms. The van der Waals surface area contributed by atoms with Crippen LogP contribution >= 0.6 is 0 Å². The van der Waals surface area contributed by atoms with Gasteiger partial charge in [-0.3, -0.25) is 19.9 Å². The lowest BCUT2D eigenvalue weighted by atomic mass is 10.0. The van der Waals surface area contributed by atoms with Crippen molar-refractivity contribution in [3.8, 4) is 33.9 Å². The maximum absolute atomic E-state index is 11.7. The number of rotatable bonds is 5. The number of anilines is 1. The predicted octanol–water partition coefficient (Wildman–Crippen LogP) is 4.83. The number of pyridine rings is 2. The van der Waals surface area contributed by atoms with Gasteiger partial charge in [0, 0.05) is 55.6 Å². The van der Waals surface area contributed by atoms with Gasteiger partial charge in [-0.2, -0.15) is 5.10 Å². The standard InChI is InChI=1S/C26H22N8O/c1-14(35)20-6-7-21(29-20)19-12-28-13-23-24(19)31-26(30-23)25-18-9-15(4-5-22(18)32-33-25)16-8-17(34(2)3)11-27-10-16/h4-13,29H,1-3H3,(H,30,31)(H,32,33). The Bertz CT molecular complexity index is 1720. The lowest BCUT2D eigenvalue weighted by Gasteiger charge is -2.13. The fourth-order valence-electron chi connectivity index (χ4n) is 4.20. The Balaban J connectivity index is 1.46. The Morgan fingerprint density at radius 2 is 1.74 bits per heavy atom. The first-order chi connectivity index (χ1) is 17.0. The number of Topliss-reactive ketones (excluding diaryl/α,β-unsaturated/α-hetero) is 1. The molecule has 1 aromatic carbocycles. The van der Waals surface area contributed by atoms with Crippen LogP contribution < -0.4 is 4.90 Å². The maximum atomic E-state index is 11.7. The van der Waals surface area contributed by atoms with Crippen LogP contribution in [0.25, 0.3) is 55.8 Å². The normalized spacial score (nSPS) is 11.4. The van der Waals surface area contributed by atoms with Crippen LogP contribution in [0.15, 0.2) is 61.2 Å². The van der Waals surface area contributed by atoms with E-state index in [9.17, 15) is 4.79 Å². The quantitative estimate of drug-likeness (QED) is 0.316. The van der Waals surface area contributed by atoms with Gasteiger partial charge in [0.15, 0.2) is 11.6 Å². The number of hydrogen-bond donors (Lipinski definition) is 3. The Labute approximate surface area is 200 Å². The Morgan fingerprint density at radius 1 is 0.886 bits per heavy atom. The Morgan fingerprint density at radius 3 is 2.54 bits per heavy atom. The molecule has 9 heteroatoms. The second kappa shape index (κ2) is 7.91. The highest BCUT2D eigenvalue weighted by atomic mass is 16.1. The first kappa shape index (κ1) is 20.8. The van der Waals surface area contributed by atoms with E-state index in [4.69, 9.17) is 4.98 Å². The molecule has 5 aromatic heterocycles. The van der Waals surface area contributed by atoms with Crippen LogP contribution in [0.3, 0.4) is 0 Å². The van der Waals surface area contributed by atoms with E-state index < -0.39 is 0 Å². The fraction of sp³-hybridized carbons (Fsp3) is 0.115. The predicted molar refractivity (Wildman–Crippen MR) is 136 cm³/mol. The number of fused-ring (bicyclic) bond motifs is 2. The summed E-state index contributed by atoms with van der Waals surface area (Å²) in [5, 5.41) is 8.61. The van der Waals surface area contributed by atoms with Gasteiger partial charge in [0.1, 0.15) is 11.2 Å². The second-order valence-corrected chi connectivity index (χ2v) is 8.67. The molecule has 0 fully saturated rings. The van der Waals surface area contributed by atoms with Crippen LogP contribution in [0.5, 0.6) is 0 Å². The van der Waals surface area contributed by atoms with Gasteiger partial charge in [-0.15, -0.1) is 0 Å². The molecule has 35 heavy (non-hydrogen) atoms. The van der Waals surface area contributed by atoms with Gasteiger partial charge >= 0.3 is 0 Å². The van der Waals surface area contributed by atoms with Gasteiger partial charge in [-0.25, -0.2) is 4.98 Å². The van der Waals surface area contributed by atoms with Crippen LogP contribution in [0.2, 0.25) is 0 Å². The van der Waals surface area contributed by atoms with E-state index in [0.717, 1.165) is 55.7 Å². The van der Waals surface area contributed by atoms with Crippen LogP contribution in [0.4, 0.5) is 5.69 Å². The molecule has 0 spiro atoms. The number of nitrogens with zero attached hydrogens (tertiary/aromatic N) is 5. The molecular weight excluding hydrogens is 440 g/mol. The number of carbonyl (C=O) groups excluding carboxylic acids is 1. The molecule has 172 valence electrons. The fourth-order valence-corrected chi connectivity index (χ4v) is 4.20. The first-order valence-corrected chi connectivity index (χ1v) is 11.1. The third kappa shape index (κ3) is 3.54. The molecule has 0 unspecified atom stereocenters. The lowest BCUT2D eigenvalue weighted by molar-refractivity contribution is 0.101. The van der Waals surface area contributed by atoms with E-state index in [1.54, 1.807) is 18.5 Å². The molecule has 0 aliphatic rings. The molecule has 9 nitrogen and oxygen atoms in total. The molecule has 0 saturated heterocycles. The van der Waals surface area contributed by atoms with Crippen molar-refractivity contribution >= 4 is 33.4 Å². The van der Waals surface area contributed by atoms with E-state index in [2.05, 4.69) is 48.3 Å².